The summed E-state index contributed by atoms with van der Waals surface area (Å²) < 4.78 is 82.6. The predicted octanol–water partition coefficient (Wildman–Crippen LogP) is 6.88. The number of aliphatic hydroxyl groups excluding tert-OH is 1. The number of benzene rings is 3. The molecule has 3 unspecified atom stereocenters. The minimum atomic E-state index is -2.36. The lowest BCUT2D eigenvalue weighted by molar-refractivity contribution is -0.252. The number of carbonyl (C=O) groups excluding carboxylic acids is 1. The summed E-state index contributed by atoms with van der Waals surface area (Å²) in [6, 6.07) is 12.9. The fourth-order valence-electron chi connectivity index (χ4n) is 4.44. The third kappa shape index (κ3) is 5.99. The Morgan fingerprint density at radius 2 is 1.50 bits per heavy atom. The molecule has 3 atom stereocenters. The van der Waals surface area contributed by atoms with Crippen LogP contribution in [-0.4, -0.2) is 26.7 Å². The van der Waals surface area contributed by atoms with Crippen molar-refractivity contribution in [2.75, 3.05) is 5.32 Å². The van der Waals surface area contributed by atoms with E-state index in [1.54, 1.807) is 16.7 Å². The molecule has 42 heavy (non-hydrogen) atoms. The quantitative estimate of drug-likeness (QED) is 0.133. The van der Waals surface area contributed by atoms with E-state index in [1.807, 2.05) is 12.1 Å². The van der Waals surface area contributed by atoms with Gasteiger partial charge in [0.15, 0.2) is 34.7 Å². The van der Waals surface area contributed by atoms with Crippen LogP contribution in [0.25, 0.3) is 0 Å². The van der Waals surface area contributed by atoms with E-state index in [4.69, 9.17) is 32.7 Å². The Hall–Kier alpha value is -3.55. The number of hydrogen-bond donors (Lipinski definition) is 2. The minimum absolute atomic E-state index is 0.0102. The van der Waals surface area contributed by atoms with E-state index in [0.717, 1.165) is 11.1 Å². The van der Waals surface area contributed by atoms with Crippen LogP contribution in [0.3, 0.4) is 0 Å². The number of hydrogen-bond acceptors (Lipinski definition) is 5. The van der Waals surface area contributed by atoms with E-state index in [-0.39, 0.29) is 22.6 Å². The molecule has 1 aliphatic rings. The SMILES string of the molecule is O=C(Nc1ccc(C2OC(Cn3cnc(Cl)c3Cl)CC(c3ccc(CO)cc3)O2)cc1)c1c(F)c(F)c(F)c(F)c1F. The van der Waals surface area contributed by atoms with Crippen molar-refractivity contribution in [3.63, 3.8) is 0 Å². The summed E-state index contributed by atoms with van der Waals surface area (Å²) in [6.07, 6.45) is 0.127. The molecule has 0 bridgehead atoms. The number of nitrogens with one attached hydrogen (secondary N) is 1. The second-order valence-electron chi connectivity index (χ2n) is 9.35. The molecule has 0 aliphatic carbocycles. The smallest absolute Gasteiger partial charge is 0.261 e. The van der Waals surface area contributed by atoms with Crippen molar-refractivity contribution < 1.29 is 41.3 Å². The standard InChI is InChI=1S/C28H20Cl2F5N3O4/c29-25-26(30)38(12-36-25)10-17-9-18(14-3-1-13(11-39)2-4-14)42-28(41-17)15-5-7-16(8-6-15)37-27(40)19-20(31)22(33)24(35)23(34)21(19)32/h1-8,12,17-18,28,39H,9-11H2,(H,37,40). The van der Waals surface area contributed by atoms with Crippen molar-refractivity contribution in [1.82, 2.24) is 9.55 Å². The molecule has 1 amide bonds. The highest BCUT2D eigenvalue weighted by molar-refractivity contribution is 6.40. The van der Waals surface area contributed by atoms with Crippen molar-refractivity contribution in [3.8, 4) is 0 Å². The van der Waals surface area contributed by atoms with Crippen LogP contribution >= 0.6 is 23.2 Å². The number of halogens is 7. The van der Waals surface area contributed by atoms with Gasteiger partial charge in [-0.3, -0.25) is 4.79 Å². The van der Waals surface area contributed by atoms with Crippen molar-refractivity contribution >= 4 is 34.8 Å². The number of amides is 1. The van der Waals surface area contributed by atoms with Crippen LogP contribution in [0.5, 0.6) is 0 Å². The predicted molar refractivity (Wildman–Crippen MR) is 141 cm³/mol. The van der Waals surface area contributed by atoms with Crippen molar-refractivity contribution in [2.45, 2.75) is 38.1 Å². The Morgan fingerprint density at radius 1 is 0.905 bits per heavy atom. The lowest BCUT2D eigenvalue weighted by atomic mass is 10.00. The van der Waals surface area contributed by atoms with E-state index in [1.165, 1.54) is 30.6 Å². The summed E-state index contributed by atoms with van der Waals surface area (Å²) in [6.45, 7) is 0.174. The third-order valence-corrected chi connectivity index (χ3v) is 7.40. The van der Waals surface area contributed by atoms with Crippen molar-refractivity contribution in [2.24, 2.45) is 0 Å². The summed E-state index contributed by atoms with van der Waals surface area (Å²) in [5.74, 6) is -12.8. The maximum atomic E-state index is 14.1. The van der Waals surface area contributed by atoms with Gasteiger partial charge in [0.2, 0.25) is 5.82 Å². The summed E-state index contributed by atoms with van der Waals surface area (Å²) in [4.78, 5) is 16.4. The molecule has 0 saturated carbocycles. The fraction of sp³-hybridized carbons (Fsp3) is 0.214. The fourth-order valence-corrected chi connectivity index (χ4v) is 4.76. The summed E-state index contributed by atoms with van der Waals surface area (Å²) >= 11 is 12.2. The van der Waals surface area contributed by atoms with E-state index >= 15 is 0 Å². The Bertz CT molecular complexity index is 1590. The molecule has 3 aromatic carbocycles. The molecule has 1 aromatic heterocycles. The van der Waals surface area contributed by atoms with Gasteiger partial charge in [-0.05, 0) is 23.3 Å². The molecule has 220 valence electrons. The Kier molecular flexibility index (Phi) is 8.81. The van der Waals surface area contributed by atoms with Gasteiger partial charge in [0, 0.05) is 17.7 Å². The zero-order chi connectivity index (χ0) is 30.1. The van der Waals surface area contributed by atoms with Gasteiger partial charge in [0.25, 0.3) is 5.91 Å². The number of ether oxygens (including phenoxy) is 2. The molecular formula is C28H20Cl2F5N3O4. The van der Waals surface area contributed by atoms with Crippen LogP contribution in [0, 0.1) is 29.1 Å². The van der Waals surface area contributed by atoms with Crippen LogP contribution in [0.1, 0.15) is 45.9 Å². The molecule has 1 fully saturated rings. The first-order chi connectivity index (χ1) is 20.1. The normalized spacial score (nSPS) is 18.7. The molecule has 5 rings (SSSR count). The van der Waals surface area contributed by atoms with Crippen LogP contribution in [0.2, 0.25) is 10.3 Å². The highest BCUT2D eigenvalue weighted by atomic mass is 35.5. The number of aliphatic hydroxyl groups is 1. The third-order valence-electron chi connectivity index (χ3n) is 6.63. The van der Waals surface area contributed by atoms with Crippen LogP contribution < -0.4 is 5.32 Å². The average molecular weight is 628 g/mol. The van der Waals surface area contributed by atoms with Crippen LogP contribution in [-0.2, 0) is 22.6 Å². The van der Waals surface area contributed by atoms with Gasteiger partial charge in [-0.2, -0.15) is 0 Å². The molecule has 14 heteroatoms. The molecule has 2 heterocycles. The molecule has 7 nitrogen and oxygen atoms in total. The van der Waals surface area contributed by atoms with Gasteiger partial charge in [-0.25, -0.2) is 26.9 Å². The number of carbonyl (C=O) groups is 1. The highest BCUT2D eigenvalue weighted by Crippen LogP contribution is 2.39. The van der Waals surface area contributed by atoms with Gasteiger partial charge < -0.3 is 24.5 Å². The molecule has 0 spiro atoms. The molecule has 0 radical (unpaired) electrons. The lowest BCUT2D eigenvalue weighted by Crippen LogP contribution is -2.32. The molecule has 4 aromatic rings. The average Bonchev–Trinajstić information content (AvgIpc) is 3.31. The number of anilines is 1. The Labute approximate surface area is 245 Å². The van der Waals surface area contributed by atoms with Gasteiger partial charge in [-0.1, -0.05) is 59.6 Å². The number of nitrogens with zero attached hydrogens (tertiary/aromatic N) is 2. The van der Waals surface area contributed by atoms with Gasteiger partial charge >= 0.3 is 0 Å². The highest BCUT2D eigenvalue weighted by Gasteiger charge is 2.33. The molecular weight excluding hydrogens is 608 g/mol. The van der Waals surface area contributed by atoms with E-state index in [0.29, 0.717) is 18.5 Å². The Morgan fingerprint density at radius 3 is 2.07 bits per heavy atom. The molecule has 1 saturated heterocycles. The summed E-state index contributed by atoms with van der Waals surface area (Å²) in [7, 11) is 0. The molecule has 1 aliphatic heterocycles. The number of aromatic nitrogens is 2. The maximum absolute atomic E-state index is 14.1. The van der Waals surface area contributed by atoms with Crippen molar-refractivity contribution in [3.05, 3.63) is 117 Å². The summed E-state index contributed by atoms with van der Waals surface area (Å²) in [5, 5.41) is 11.9. The van der Waals surface area contributed by atoms with Crippen LogP contribution in [0.15, 0.2) is 54.9 Å². The van der Waals surface area contributed by atoms with Gasteiger partial charge in [-0.15, -0.1) is 0 Å². The van der Waals surface area contributed by atoms with E-state index < -0.39 is 59.1 Å². The summed E-state index contributed by atoms with van der Waals surface area (Å²) in [5.41, 5.74) is 0.455. The second-order valence-corrected chi connectivity index (χ2v) is 10.1. The minimum Gasteiger partial charge on any atom is -0.392 e. The first kappa shape index (κ1) is 29.9. The van der Waals surface area contributed by atoms with Crippen LogP contribution in [0.4, 0.5) is 27.6 Å². The maximum Gasteiger partial charge on any atom is 0.261 e. The topological polar surface area (TPSA) is 85.6 Å². The van der Waals surface area contributed by atoms with Gasteiger partial charge in [0.05, 0.1) is 31.7 Å². The molecule has 2 N–H and O–H groups in total. The lowest BCUT2D eigenvalue weighted by Gasteiger charge is -2.36. The number of rotatable bonds is 7. The zero-order valence-electron chi connectivity index (χ0n) is 21.3. The first-order valence-corrected chi connectivity index (χ1v) is 13.1. The zero-order valence-corrected chi connectivity index (χ0v) is 22.8. The Balaban J connectivity index is 1.37. The largest absolute Gasteiger partial charge is 0.392 e. The number of imidazole rings is 1. The van der Waals surface area contributed by atoms with Gasteiger partial charge in [0.1, 0.15) is 10.7 Å². The van der Waals surface area contributed by atoms with E-state index in [9.17, 15) is 31.9 Å². The van der Waals surface area contributed by atoms with Crippen molar-refractivity contribution in [1.29, 1.82) is 0 Å². The monoisotopic (exact) mass is 627 g/mol. The van der Waals surface area contributed by atoms with E-state index in [2.05, 4.69) is 10.3 Å². The second kappa shape index (κ2) is 12.4. The first-order valence-electron chi connectivity index (χ1n) is 12.4.